The molecule has 0 saturated carbocycles. The molecule has 1 aromatic rings. The highest BCUT2D eigenvalue weighted by molar-refractivity contribution is 6.63. The molecule has 1 heterocycles. The van der Waals surface area contributed by atoms with Crippen molar-refractivity contribution in [1.29, 1.82) is 0 Å². The van der Waals surface area contributed by atoms with E-state index in [9.17, 15) is 14.6 Å². The Morgan fingerprint density at radius 3 is 2.86 bits per heavy atom. The van der Waals surface area contributed by atoms with E-state index in [0.29, 0.717) is 11.0 Å². The molecule has 0 fully saturated rings. The van der Waals surface area contributed by atoms with Crippen LogP contribution < -0.4 is 15.5 Å². The van der Waals surface area contributed by atoms with Gasteiger partial charge in [-0.1, -0.05) is 12.1 Å². The summed E-state index contributed by atoms with van der Waals surface area (Å²) in [5, 5.41) is 12.5. The zero-order chi connectivity index (χ0) is 16.3. The molecule has 8 heteroatoms. The number of benzene rings is 1. The predicted octanol–water partition coefficient (Wildman–Crippen LogP) is 0.505. The first-order valence-electron chi connectivity index (χ1n) is 6.85. The van der Waals surface area contributed by atoms with Gasteiger partial charge in [-0.25, -0.2) is 4.79 Å². The largest absolute Gasteiger partial charge is 0.495 e. The number of fused-ring (bicyclic) bond motifs is 1. The predicted molar refractivity (Wildman–Crippen MR) is 78.8 cm³/mol. The Balaban J connectivity index is 2.06. The van der Waals surface area contributed by atoms with Crippen LogP contribution in [0.5, 0.6) is 5.75 Å². The molecule has 0 aliphatic carbocycles. The van der Waals surface area contributed by atoms with Crippen LogP contribution in [0.1, 0.15) is 32.4 Å². The molecular weight excluding hydrogens is 289 g/mol. The minimum Gasteiger partial charge on any atom is -0.444 e. The maximum Gasteiger partial charge on any atom is 0.495 e. The van der Waals surface area contributed by atoms with Crippen molar-refractivity contribution in [3.63, 3.8) is 0 Å². The highest BCUT2D eigenvalue weighted by atomic mass is 16.6. The molecule has 2 rings (SSSR count). The summed E-state index contributed by atoms with van der Waals surface area (Å²) in [6.07, 6.45) is -1.12. The Hall–Kier alpha value is -2.06. The number of carbonyl (C=O) groups is 2. The van der Waals surface area contributed by atoms with Crippen molar-refractivity contribution < 1.29 is 28.7 Å². The Labute approximate surface area is 128 Å². The maximum atomic E-state index is 11.7. The molecule has 22 heavy (non-hydrogen) atoms. The fourth-order valence-electron chi connectivity index (χ4n) is 2.21. The molecule has 0 bridgehead atoms. The average Bonchev–Trinajstić information content (AvgIpc) is 2.73. The van der Waals surface area contributed by atoms with Gasteiger partial charge in [-0.3, -0.25) is 4.79 Å². The first kappa shape index (κ1) is 16.3. The Morgan fingerprint density at radius 2 is 2.23 bits per heavy atom. The Bertz CT molecular complexity index is 571. The van der Waals surface area contributed by atoms with Gasteiger partial charge in [-0.15, -0.1) is 0 Å². The van der Waals surface area contributed by atoms with Crippen LogP contribution >= 0.6 is 0 Å². The minimum absolute atomic E-state index is 0.128. The van der Waals surface area contributed by atoms with E-state index in [0.717, 1.165) is 0 Å². The first-order valence-corrected chi connectivity index (χ1v) is 6.85. The third-order valence-corrected chi connectivity index (χ3v) is 2.99. The zero-order valence-corrected chi connectivity index (χ0v) is 12.7. The lowest BCUT2D eigenvalue weighted by atomic mass is 9.78. The van der Waals surface area contributed by atoms with Gasteiger partial charge in [0.2, 0.25) is 0 Å². The van der Waals surface area contributed by atoms with E-state index in [-0.39, 0.29) is 18.8 Å². The van der Waals surface area contributed by atoms with Crippen LogP contribution in [0.15, 0.2) is 18.2 Å². The molecular formula is C14H18BNO6. The van der Waals surface area contributed by atoms with Gasteiger partial charge < -0.3 is 24.5 Å². The van der Waals surface area contributed by atoms with Gasteiger partial charge in [0.25, 0.3) is 6.47 Å². The zero-order valence-electron chi connectivity index (χ0n) is 12.7. The second kappa shape index (κ2) is 6.37. The van der Waals surface area contributed by atoms with Gasteiger partial charge in [0.1, 0.15) is 11.4 Å². The fraction of sp³-hybridized carbons (Fsp3) is 0.429. The highest BCUT2D eigenvalue weighted by Crippen LogP contribution is 2.27. The van der Waals surface area contributed by atoms with E-state index in [2.05, 4.69) is 5.32 Å². The van der Waals surface area contributed by atoms with E-state index in [4.69, 9.17) is 14.1 Å². The molecule has 1 aliphatic rings. The van der Waals surface area contributed by atoms with Crippen molar-refractivity contribution >= 4 is 25.1 Å². The van der Waals surface area contributed by atoms with E-state index in [1.165, 1.54) is 0 Å². The van der Waals surface area contributed by atoms with Crippen LogP contribution in [0.2, 0.25) is 0 Å². The lowest BCUT2D eigenvalue weighted by Gasteiger charge is -2.21. The van der Waals surface area contributed by atoms with Gasteiger partial charge in [-0.2, -0.15) is 0 Å². The molecule has 1 aliphatic heterocycles. The summed E-state index contributed by atoms with van der Waals surface area (Å²) in [5.74, 6) is 0.236. The summed E-state index contributed by atoms with van der Waals surface area (Å²) in [6, 6.07) is 4.98. The van der Waals surface area contributed by atoms with Crippen molar-refractivity contribution in [2.75, 3.05) is 6.54 Å². The molecule has 1 atom stereocenters. The van der Waals surface area contributed by atoms with Gasteiger partial charge in [0, 0.05) is 12.0 Å². The van der Waals surface area contributed by atoms with Gasteiger partial charge in [0.15, 0.2) is 0 Å². The topological polar surface area (TPSA) is 94.1 Å². The summed E-state index contributed by atoms with van der Waals surface area (Å²) >= 11 is 0. The number of rotatable bonds is 4. The Morgan fingerprint density at radius 1 is 1.50 bits per heavy atom. The molecule has 118 valence electrons. The van der Waals surface area contributed by atoms with Crippen molar-refractivity contribution in [2.24, 2.45) is 0 Å². The van der Waals surface area contributed by atoms with Gasteiger partial charge in [-0.05, 0) is 32.4 Å². The van der Waals surface area contributed by atoms with Gasteiger partial charge >= 0.3 is 13.2 Å². The summed E-state index contributed by atoms with van der Waals surface area (Å²) in [4.78, 5) is 22.1. The number of amides is 1. The van der Waals surface area contributed by atoms with Crippen LogP contribution in [0.25, 0.3) is 0 Å². The maximum absolute atomic E-state index is 11.7. The number of hydrogen-bond donors (Lipinski definition) is 2. The van der Waals surface area contributed by atoms with Crippen LogP contribution in [-0.4, -0.2) is 36.9 Å². The SMILES string of the molecule is CC(C)(C)OC(=O)NCC1OB(O)c2c(OC=O)cccc21. The number of carbonyl (C=O) groups excluding carboxylic acids is 2. The molecule has 0 aromatic heterocycles. The third kappa shape index (κ3) is 3.77. The molecule has 1 aromatic carbocycles. The summed E-state index contributed by atoms with van der Waals surface area (Å²) in [6.45, 7) is 5.71. The monoisotopic (exact) mass is 307 g/mol. The average molecular weight is 307 g/mol. The quantitative estimate of drug-likeness (QED) is 0.621. The molecule has 2 N–H and O–H groups in total. The van der Waals surface area contributed by atoms with E-state index < -0.39 is 24.9 Å². The van der Waals surface area contributed by atoms with E-state index in [1.807, 2.05) is 0 Å². The van der Waals surface area contributed by atoms with Crippen LogP contribution in [0, 0.1) is 0 Å². The van der Waals surface area contributed by atoms with Crippen molar-refractivity contribution in [1.82, 2.24) is 5.32 Å². The van der Waals surface area contributed by atoms with Crippen LogP contribution in [0.3, 0.4) is 0 Å². The second-order valence-electron chi connectivity index (χ2n) is 5.83. The normalized spacial score (nSPS) is 16.9. The Kier molecular flexibility index (Phi) is 4.73. The third-order valence-electron chi connectivity index (χ3n) is 2.99. The fourth-order valence-corrected chi connectivity index (χ4v) is 2.21. The molecule has 0 saturated heterocycles. The van der Waals surface area contributed by atoms with E-state index >= 15 is 0 Å². The standard InChI is InChI=1S/C14H18BNO6/c1-14(2,3)21-13(18)16-7-11-9-5-4-6-10(20-8-17)12(9)15(19)22-11/h4-6,8,11,19H,7H2,1-3H3,(H,16,18). The highest BCUT2D eigenvalue weighted by Gasteiger charge is 2.38. The lowest BCUT2D eigenvalue weighted by Crippen LogP contribution is -2.35. The minimum atomic E-state index is -1.21. The number of nitrogens with one attached hydrogen (secondary N) is 1. The van der Waals surface area contributed by atoms with Crippen molar-refractivity contribution in [3.8, 4) is 5.75 Å². The van der Waals surface area contributed by atoms with Crippen LogP contribution in [-0.2, 0) is 14.2 Å². The smallest absolute Gasteiger partial charge is 0.444 e. The van der Waals surface area contributed by atoms with Gasteiger partial charge in [0.05, 0.1) is 6.10 Å². The molecule has 7 nitrogen and oxygen atoms in total. The molecule has 1 amide bonds. The summed E-state index contributed by atoms with van der Waals surface area (Å²) in [5.41, 5.74) is 0.455. The first-order chi connectivity index (χ1) is 10.3. The number of hydrogen-bond acceptors (Lipinski definition) is 6. The number of ether oxygens (including phenoxy) is 2. The van der Waals surface area contributed by atoms with Crippen LogP contribution in [0.4, 0.5) is 4.79 Å². The summed E-state index contributed by atoms with van der Waals surface area (Å²) in [7, 11) is -1.21. The summed E-state index contributed by atoms with van der Waals surface area (Å²) < 4.78 is 15.4. The van der Waals surface area contributed by atoms with E-state index in [1.54, 1.807) is 39.0 Å². The molecule has 0 spiro atoms. The molecule has 1 unspecified atom stereocenters. The lowest BCUT2D eigenvalue weighted by molar-refractivity contribution is -0.120. The number of alkyl carbamates (subject to hydrolysis) is 1. The second-order valence-corrected chi connectivity index (χ2v) is 5.83. The van der Waals surface area contributed by atoms with Crippen molar-refractivity contribution in [3.05, 3.63) is 23.8 Å². The van der Waals surface area contributed by atoms with Crippen molar-refractivity contribution in [2.45, 2.75) is 32.5 Å². The molecule has 0 radical (unpaired) electrons.